The molecule has 0 fully saturated rings. The lowest BCUT2D eigenvalue weighted by molar-refractivity contribution is 0.0496. The molecule has 3 nitrogen and oxygen atoms in total. The number of hydrogen-bond donors (Lipinski definition) is 1. The zero-order chi connectivity index (χ0) is 9.61. The third-order valence-corrected chi connectivity index (χ3v) is 8.10. The summed E-state index contributed by atoms with van der Waals surface area (Å²) >= 11 is 0. The molecule has 0 saturated heterocycles. The van der Waals surface area contributed by atoms with Gasteiger partial charge < -0.3 is 14.0 Å². The minimum atomic E-state index is -1.75. The number of rotatable bonds is 6. The van der Waals surface area contributed by atoms with E-state index in [2.05, 4.69) is 20.0 Å². The molecule has 12 heavy (non-hydrogen) atoms. The van der Waals surface area contributed by atoms with Gasteiger partial charge in [-0.15, -0.1) is 0 Å². The summed E-state index contributed by atoms with van der Waals surface area (Å²) in [6.07, 6.45) is 0.988. The number of ether oxygens (including phenoxy) is 1. The molecular weight excluding hydrogens is 188 g/mol. The van der Waals surface area contributed by atoms with Crippen molar-refractivity contribution in [3.8, 4) is 0 Å². The molecule has 0 aromatic rings. The smallest absolute Gasteiger partial charge is 0.205 e. The summed E-state index contributed by atoms with van der Waals surface area (Å²) in [5.74, 6) is 0. The van der Waals surface area contributed by atoms with Crippen molar-refractivity contribution in [2.24, 2.45) is 0 Å². The number of aliphatic hydroxyl groups is 1. The summed E-state index contributed by atoms with van der Waals surface area (Å²) in [4.78, 5) is 0. The molecule has 74 valence electrons. The van der Waals surface area contributed by atoms with Crippen LogP contribution in [0, 0.1) is 0 Å². The van der Waals surface area contributed by atoms with Crippen molar-refractivity contribution < 1.29 is 14.0 Å². The standard InChI is InChI=1S/C7H20O3Si2/c1-4-5-9-7(6-8)12(2,3)10-11/h7-8H,4-6H2,1-3,11H3. The highest BCUT2D eigenvalue weighted by Crippen LogP contribution is 2.12. The van der Waals surface area contributed by atoms with Crippen molar-refractivity contribution in [1.82, 2.24) is 0 Å². The Morgan fingerprint density at radius 3 is 2.42 bits per heavy atom. The van der Waals surface area contributed by atoms with Gasteiger partial charge in [0.25, 0.3) is 0 Å². The Labute approximate surface area is 78.7 Å². The lowest BCUT2D eigenvalue weighted by Gasteiger charge is -2.29. The molecule has 1 atom stereocenters. The van der Waals surface area contributed by atoms with Gasteiger partial charge in [0.05, 0.1) is 12.3 Å². The molecule has 0 aromatic carbocycles. The van der Waals surface area contributed by atoms with E-state index >= 15 is 0 Å². The Hall–Kier alpha value is 0.314. The average molecular weight is 208 g/mol. The SMILES string of the molecule is CCCOC(CO)[Si](C)(C)O[SiH3]. The van der Waals surface area contributed by atoms with Gasteiger partial charge in [-0.25, -0.2) is 0 Å². The second kappa shape index (κ2) is 5.87. The third kappa shape index (κ3) is 3.82. The molecule has 1 unspecified atom stereocenters. The minimum absolute atomic E-state index is 0.0602. The highest BCUT2D eigenvalue weighted by molar-refractivity contribution is 6.75. The van der Waals surface area contributed by atoms with Crippen molar-refractivity contribution in [2.75, 3.05) is 13.2 Å². The van der Waals surface area contributed by atoms with E-state index in [0.29, 0.717) is 6.61 Å². The summed E-state index contributed by atoms with van der Waals surface area (Å²) in [5, 5.41) is 9.06. The molecule has 0 spiro atoms. The van der Waals surface area contributed by atoms with Gasteiger partial charge in [0, 0.05) is 6.61 Å². The predicted molar refractivity (Wildman–Crippen MR) is 55.6 cm³/mol. The molecule has 5 heteroatoms. The maximum atomic E-state index is 9.06. The van der Waals surface area contributed by atoms with Crippen molar-refractivity contribution in [2.45, 2.75) is 32.2 Å². The molecule has 0 heterocycles. The van der Waals surface area contributed by atoms with Crippen molar-refractivity contribution in [3.63, 3.8) is 0 Å². The van der Waals surface area contributed by atoms with Gasteiger partial charge in [-0.3, -0.25) is 0 Å². The Bertz CT molecular complexity index is 119. The Morgan fingerprint density at radius 2 is 2.08 bits per heavy atom. The fraction of sp³-hybridized carbons (Fsp3) is 1.00. The summed E-state index contributed by atoms with van der Waals surface area (Å²) in [7, 11) is -1.03. The first-order valence-electron chi connectivity index (χ1n) is 4.36. The molecule has 0 aliphatic heterocycles. The predicted octanol–water partition coefficient (Wildman–Crippen LogP) is -0.185. The van der Waals surface area contributed by atoms with Crippen LogP contribution in [0.2, 0.25) is 13.1 Å². The zero-order valence-electron chi connectivity index (χ0n) is 8.46. The lowest BCUT2D eigenvalue weighted by Crippen LogP contribution is -2.48. The van der Waals surface area contributed by atoms with Gasteiger partial charge in [0.1, 0.15) is 10.5 Å². The van der Waals surface area contributed by atoms with Gasteiger partial charge in [-0.2, -0.15) is 0 Å². The second-order valence-corrected chi connectivity index (χ2v) is 8.83. The van der Waals surface area contributed by atoms with Crippen LogP contribution in [0.15, 0.2) is 0 Å². The first-order valence-corrected chi connectivity index (χ1v) is 8.16. The molecule has 0 aromatic heterocycles. The topological polar surface area (TPSA) is 38.7 Å². The average Bonchev–Trinajstić information content (AvgIpc) is 2.05. The lowest BCUT2D eigenvalue weighted by atomic mass is 10.5. The third-order valence-electron chi connectivity index (χ3n) is 1.99. The molecule has 0 aliphatic rings. The molecule has 0 amide bonds. The molecule has 0 bridgehead atoms. The highest BCUT2D eigenvalue weighted by Gasteiger charge is 2.32. The summed E-state index contributed by atoms with van der Waals surface area (Å²) in [5.41, 5.74) is -0.0602. The molecular formula is C7H20O3Si2. The van der Waals surface area contributed by atoms with Crippen molar-refractivity contribution >= 4 is 18.8 Å². The molecule has 1 N–H and O–H groups in total. The van der Waals surface area contributed by atoms with E-state index in [1.165, 1.54) is 0 Å². The van der Waals surface area contributed by atoms with Crippen LogP contribution in [0.4, 0.5) is 0 Å². The van der Waals surface area contributed by atoms with Crippen LogP contribution in [0.1, 0.15) is 13.3 Å². The fourth-order valence-electron chi connectivity index (χ4n) is 0.865. The Morgan fingerprint density at radius 1 is 1.50 bits per heavy atom. The normalized spacial score (nSPS) is 15.0. The first-order chi connectivity index (χ1) is 5.58. The first kappa shape index (κ1) is 12.3. The van der Waals surface area contributed by atoms with Crippen LogP contribution in [0.25, 0.3) is 0 Å². The van der Waals surface area contributed by atoms with Crippen molar-refractivity contribution in [3.05, 3.63) is 0 Å². The van der Waals surface area contributed by atoms with Gasteiger partial charge in [-0.05, 0) is 19.5 Å². The maximum Gasteiger partial charge on any atom is 0.205 e. The fourth-order valence-corrected chi connectivity index (χ4v) is 2.88. The van der Waals surface area contributed by atoms with Crippen molar-refractivity contribution in [1.29, 1.82) is 0 Å². The van der Waals surface area contributed by atoms with Gasteiger partial charge >= 0.3 is 0 Å². The molecule has 0 saturated carbocycles. The highest BCUT2D eigenvalue weighted by atomic mass is 28.4. The van der Waals surface area contributed by atoms with E-state index in [0.717, 1.165) is 16.9 Å². The van der Waals surface area contributed by atoms with E-state index in [1.54, 1.807) is 0 Å². The second-order valence-electron chi connectivity index (χ2n) is 3.35. The van der Waals surface area contributed by atoms with Crippen LogP contribution < -0.4 is 0 Å². The minimum Gasteiger partial charge on any atom is -0.462 e. The van der Waals surface area contributed by atoms with Crippen LogP contribution in [0.3, 0.4) is 0 Å². The Kier molecular flexibility index (Phi) is 6.03. The largest absolute Gasteiger partial charge is 0.462 e. The van der Waals surface area contributed by atoms with E-state index in [9.17, 15) is 0 Å². The van der Waals surface area contributed by atoms with Gasteiger partial charge in [-0.1, -0.05) is 6.92 Å². The van der Waals surface area contributed by atoms with Gasteiger partial charge in [0.15, 0.2) is 0 Å². The summed E-state index contributed by atoms with van der Waals surface area (Å²) in [6, 6.07) is 0. The molecule has 0 rings (SSSR count). The monoisotopic (exact) mass is 208 g/mol. The van der Waals surface area contributed by atoms with Gasteiger partial charge in [0.2, 0.25) is 8.32 Å². The summed E-state index contributed by atoms with van der Waals surface area (Å²) < 4.78 is 11.0. The van der Waals surface area contributed by atoms with E-state index in [4.69, 9.17) is 14.0 Å². The van der Waals surface area contributed by atoms with Crippen LogP contribution >= 0.6 is 0 Å². The quantitative estimate of drug-likeness (QED) is 0.615. The summed E-state index contributed by atoms with van der Waals surface area (Å²) in [6.45, 7) is 7.02. The molecule has 0 aliphatic carbocycles. The van der Waals surface area contributed by atoms with Crippen LogP contribution in [0.5, 0.6) is 0 Å². The number of hydrogen-bond acceptors (Lipinski definition) is 3. The van der Waals surface area contributed by atoms with E-state index < -0.39 is 8.32 Å². The Balaban J connectivity index is 3.95. The zero-order valence-corrected chi connectivity index (χ0v) is 11.5. The molecule has 0 radical (unpaired) electrons. The van der Waals surface area contributed by atoms with E-state index in [-0.39, 0.29) is 12.3 Å². The van der Waals surface area contributed by atoms with E-state index in [1.807, 2.05) is 0 Å². The van der Waals surface area contributed by atoms with Crippen LogP contribution in [-0.4, -0.2) is 42.9 Å². The maximum absolute atomic E-state index is 9.06. The van der Waals surface area contributed by atoms with Crippen LogP contribution in [-0.2, 0) is 8.85 Å². The number of aliphatic hydroxyl groups excluding tert-OH is 1.